The minimum Gasteiger partial charge on any atom is -0.491 e. The highest BCUT2D eigenvalue weighted by molar-refractivity contribution is 9.10. The van der Waals surface area contributed by atoms with Gasteiger partial charge in [-0.05, 0) is 43.2 Å². The van der Waals surface area contributed by atoms with Crippen molar-refractivity contribution in [3.05, 3.63) is 52.4 Å². The summed E-state index contributed by atoms with van der Waals surface area (Å²) in [5, 5.41) is 8.81. The summed E-state index contributed by atoms with van der Waals surface area (Å²) in [6.45, 7) is 1.22. The Balaban J connectivity index is 1.70. The first-order chi connectivity index (χ1) is 11.2. The van der Waals surface area contributed by atoms with Gasteiger partial charge < -0.3 is 9.64 Å². The second kappa shape index (κ2) is 6.97. The van der Waals surface area contributed by atoms with Crippen LogP contribution in [-0.4, -0.2) is 24.2 Å². The van der Waals surface area contributed by atoms with Crippen molar-refractivity contribution in [1.82, 2.24) is 4.98 Å². The zero-order valence-electron chi connectivity index (χ0n) is 12.4. The number of pyridine rings is 1. The van der Waals surface area contributed by atoms with Crippen LogP contribution in [0.5, 0.6) is 5.75 Å². The van der Waals surface area contributed by atoms with Crippen LogP contribution in [0.25, 0.3) is 0 Å². The van der Waals surface area contributed by atoms with E-state index in [1.54, 1.807) is 0 Å². The monoisotopic (exact) mass is 375 g/mol. The third-order valence-corrected chi connectivity index (χ3v) is 4.38. The average molecular weight is 376 g/mol. The molecular formula is C17H15BrFN3O. The van der Waals surface area contributed by atoms with E-state index in [9.17, 15) is 4.39 Å². The number of anilines is 1. The van der Waals surface area contributed by atoms with Crippen molar-refractivity contribution in [1.29, 1.82) is 5.26 Å². The molecule has 0 spiro atoms. The summed E-state index contributed by atoms with van der Waals surface area (Å²) in [7, 11) is 0. The van der Waals surface area contributed by atoms with Gasteiger partial charge in [0.25, 0.3) is 0 Å². The first kappa shape index (κ1) is 15.8. The van der Waals surface area contributed by atoms with Crippen molar-refractivity contribution in [2.75, 3.05) is 18.1 Å². The molecule has 0 saturated carbocycles. The van der Waals surface area contributed by atoms with Gasteiger partial charge in [0, 0.05) is 17.2 Å². The Kier molecular flexibility index (Phi) is 4.77. The van der Waals surface area contributed by atoms with Crippen LogP contribution in [0.2, 0.25) is 0 Å². The van der Waals surface area contributed by atoms with Crippen molar-refractivity contribution in [2.45, 2.75) is 18.9 Å². The van der Waals surface area contributed by atoms with Crippen molar-refractivity contribution in [3.8, 4) is 11.8 Å². The van der Waals surface area contributed by atoms with E-state index in [2.05, 4.69) is 20.9 Å². The van der Waals surface area contributed by atoms with Gasteiger partial charge in [0.15, 0.2) is 11.6 Å². The van der Waals surface area contributed by atoms with Crippen LogP contribution in [0, 0.1) is 17.1 Å². The Morgan fingerprint density at radius 2 is 2.17 bits per heavy atom. The highest BCUT2D eigenvalue weighted by Gasteiger charge is 2.28. The number of halogens is 2. The topological polar surface area (TPSA) is 49.2 Å². The van der Waals surface area contributed by atoms with E-state index in [0.717, 1.165) is 29.6 Å². The number of ether oxygens (including phenoxy) is 1. The average Bonchev–Trinajstić information content (AvgIpc) is 3.02. The molecule has 118 valence electrons. The van der Waals surface area contributed by atoms with Crippen molar-refractivity contribution < 1.29 is 9.13 Å². The minimum absolute atomic E-state index is 0.0774. The van der Waals surface area contributed by atoms with Gasteiger partial charge in [-0.3, -0.25) is 0 Å². The predicted octanol–water partition coefficient (Wildman–Crippen LogP) is 3.90. The van der Waals surface area contributed by atoms with E-state index < -0.39 is 5.82 Å². The molecule has 2 heterocycles. The molecule has 0 bridgehead atoms. The lowest BCUT2D eigenvalue weighted by Crippen LogP contribution is -2.35. The summed E-state index contributed by atoms with van der Waals surface area (Å²) in [6, 6.07) is 10.8. The SMILES string of the molecule is N#Cc1cnc(N2CCC[C@H]2COc2ccc(Br)cc2)c(F)c1. The van der Waals surface area contributed by atoms with Crippen LogP contribution < -0.4 is 9.64 Å². The lowest BCUT2D eigenvalue weighted by Gasteiger charge is -2.26. The predicted molar refractivity (Wildman–Crippen MR) is 88.9 cm³/mol. The smallest absolute Gasteiger partial charge is 0.166 e. The molecule has 0 unspecified atom stereocenters. The minimum atomic E-state index is -0.459. The van der Waals surface area contributed by atoms with Crippen LogP contribution in [0.3, 0.4) is 0 Å². The van der Waals surface area contributed by atoms with Crippen LogP contribution in [0.4, 0.5) is 10.2 Å². The van der Waals surface area contributed by atoms with Gasteiger partial charge in [-0.25, -0.2) is 9.37 Å². The first-order valence-corrected chi connectivity index (χ1v) is 8.17. The third-order valence-electron chi connectivity index (χ3n) is 3.86. The maximum Gasteiger partial charge on any atom is 0.166 e. The molecule has 0 aliphatic carbocycles. The number of aromatic nitrogens is 1. The molecule has 2 aromatic rings. The Morgan fingerprint density at radius 1 is 1.39 bits per heavy atom. The molecule has 1 fully saturated rings. The summed E-state index contributed by atoms with van der Waals surface area (Å²) >= 11 is 3.39. The fourth-order valence-corrected chi connectivity index (χ4v) is 2.98. The number of benzene rings is 1. The molecule has 4 nitrogen and oxygen atoms in total. The molecule has 1 aromatic heterocycles. The number of hydrogen-bond donors (Lipinski definition) is 0. The number of nitriles is 1. The van der Waals surface area contributed by atoms with E-state index in [0.29, 0.717) is 12.4 Å². The van der Waals surface area contributed by atoms with Gasteiger partial charge in [-0.2, -0.15) is 5.26 Å². The molecular weight excluding hydrogens is 361 g/mol. The lowest BCUT2D eigenvalue weighted by molar-refractivity contribution is 0.287. The summed E-state index contributed by atoms with van der Waals surface area (Å²) in [5.41, 5.74) is 0.230. The van der Waals surface area contributed by atoms with Crippen LogP contribution in [0.1, 0.15) is 18.4 Å². The maximum absolute atomic E-state index is 14.2. The number of hydrogen-bond acceptors (Lipinski definition) is 4. The van der Waals surface area contributed by atoms with Gasteiger partial charge in [-0.1, -0.05) is 15.9 Å². The van der Waals surface area contributed by atoms with Gasteiger partial charge in [-0.15, -0.1) is 0 Å². The van der Waals surface area contributed by atoms with Crippen molar-refractivity contribution >= 4 is 21.7 Å². The Hall–Kier alpha value is -2.13. The number of rotatable bonds is 4. The van der Waals surface area contributed by atoms with Crippen LogP contribution in [0.15, 0.2) is 41.0 Å². The van der Waals surface area contributed by atoms with E-state index in [1.807, 2.05) is 35.2 Å². The molecule has 1 atom stereocenters. The molecule has 3 rings (SSSR count). The Bertz CT molecular complexity index is 730. The van der Waals surface area contributed by atoms with E-state index in [-0.39, 0.29) is 11.6 Å². The van der Waals surface area contributed by atoms with Gasteiger partial charge in [0.2, 0.25) is 0 Å². The first-order valence-electron chi connectivity index (χ1n) is 7.38. The van der Waals surface area contributed by atoms with Gasteiger partial charge in [0.1, 0.15) is 18.4 Å². The quantitative estimate of drug-likeness (QED) is 0.812. The summed E-state index contributed by atoms with van der Waals surface area (Å²) in [6.07, 6.45) is 3.30. The zero-order valence-corrected chi connectivity index (χ0v) is 14.0. The zero-order chi connectivity index (χ0) is 16.2. The summed E-state index contributed by atoms with van der Waals surface area (Å²) in [4.78, 5) is 6.04. The van der Waals surface area contributed by atoms with Gasteiger partial charge in [0.05, 0.1) is 11.6 Å². The molecule has 23 heavy (non-hydrogen) atoms. The molecule has 6 heteroatoms. The highest BCUT2D eigenvalue weighted by atomic mass is 79.9. The normalized spacial score (nSPS) is 17.1. The molecule has 0 N–H and O–H groups in total. The molecule has 1 aliphatic heterocycles. The fourth-order valence-electron chi connectivity index (χ4n) is 2.71. The van der Waals surface area contributed by atoms with Crippen LogP contribution >= 0.6 is 15.9 Å². The van der Waals surface area contributed by atoms with Crippen molar-refractivity contribution in [3.63, 3.8) is 0 Å². The van der Waals surface area contributed by atoms with E-state index >= 15 is 0 Å². The third kappa shape index (κ3) is 3.62. The largest absolute Gasteiger partial charge is 0.491 e. The maximum atomic E-state index is 14.2. The van der Waals surface area contributed by atoms with Gasteiger partial charge >= 0.3 is 0 Å². The standard InChI is InChI=1S/C17H15BrFN3O/c18-13-3-5-15(6-4-13)23-11-14-2-1-7-22(14)17-16(19)8-12(9-20)10-21-17/h3-6,8,10,14H,1-2,7,11H2/t14-/m0/s1. The van der Waals surface area contributed by atoms with Crippen LogP contribution in [-0.2, 0) is 0 Å². The molecule has 0 amide bonds. The number of nitrogens with zero attached hydrogens (tertiary/aromatic N) is 3. The molecule has 1 saturated heterocycles. The van der Waals surface area contributed by atoms with E-state index in [4.69, 9.17) is 10.00 Å². The Labute approximate surface area is 142 Å². The van der Waals surface area contributed by atoms with E-state index in [1.165, 1.54) is 12.3 Å². The summed E-state index contributed by atoms with van der Waals surface area (Å²) in [5.74, 6) is 0.624. The molecule has 0 radical (unpaired) electrons. The fraction of sp³-hybridized carbons (Fsp3) is 0.294. The lowest BCUT2D eigenvalue weighted by atomic mass is 10.2. The second-order valence-corrected chi connectivity index (χ2v) is 6.31. The highest BCUT2D eigenvalue weighted by Crippen LogP contribution is 2.27. The van der Waals surface area contributed by atoms with Crippen molar-refractivity contribution in [2.24, 2.45) is 0 Å². The Morgan fingerprint density at radius 3 is 2.87 bits per heavy atom. The second-order valence-electron chi connectivity index (χ2n) is 5.40. The summed E-state index contributed by atoms with van der Waals surface area (Å²) < 4.78 is 21.0. The molecule has 1 aliphatic rings. The molecule has 1 aromatic carbocycles.